The number of halogens is 1. The number of hydrogen-bond acceptors (Lipinski definition) is 4. The van der Waals surface area contributed by atoms with Crippen LogP contribution in [0.2, 0.25) is 5.02 Å². The minimum Gasteiger partial charge on any atom is -0.326 e. The zero-order valence-electron chi connectivity index (χ0n) is 14.9. The molecule has 0 aliphatic carbocycles. The predicted octanol–water partition coefficient (Wildman–Crippen LogP) is 3.28. The minimum atomic E-state index is -0.652. The third-order valence-corrected chi connectivity index (χ3v) is 4.03. The van der Waals surface area contributed by atoms with Crippen LogP contribution >= 0.6 is 11.6 Å². The Morgan fingerprint density at radius 1 is 1.23 bits per heavy atom. The molecular formula is C18H22ClN5O2. The standard InChI is InChI=1S/C18H22ClN5O2/c1-3-4-5-6-7-8-11-14-22(2)17(25)24-18(26)23(20-21-24)16-13-10-9-12-15(16)19/h3-4,6-7,9-10,12-13H,5,8,11,14H2,1-2H3. The van der Waals surface area contributed by atoms with Crippen molar-refractivity contribution < 1.29 is 4.79 Å². The monoisotopic (exact) mass is 375 g/mol. The first-order valence-corrected chi connectivity index (χ1v) is 8.75. The summed E-state index contributed by atoms with van der Waals surface area (Å²) in [5.41, 5.74) is -0.270. The van der Waals surface area contributed by atoms with Crippen molar-refractivity contribution in [2.45, 2.75) is 26.2 Å². The third-order valence-electron chi connectivity index (χ3n) is 3.71. The molecule has 0 radical (unpaired) electrons. The molecule has 138 valence electrons. The molecule has 1 aromatic carbocycles. The summed E-state index contributed by atoms with van der Waals surface area (Å²) in [4.78, 5) is 26.3. The summed E-state index contributed by atoms with van der Waals surface area (Å²) in [7, 11) is 1.63. The number of benzene rings is 1. The van der Waals surface area contributed by atoms with Gasteiger partial charge >= 0.3 is 11.7 Å². The second kappa shape index (κ2) is 9.72. The lowest BCUT2D eigenvalue weighted by molar-refractivity contribution is 0.205. The van der Waals surface area contributed by atoms with E-state index in [9.17, 15) is 9.59 Å². The van der Waals surface area contributed by atoms with E-state index in [1.54, 1.807) is 31.3 Å². The maximum Gasteiger partial charge on any atom is 0.377 e. The number of allylic oxidation sites excluding steroid dienone is 4. The number of carbonyl (C=O) groups excluding carboxylic acids is 1. The van der Waals surface area contributed by atoms with Crippen LogP contribution in [-0.4, -0.2) is 44.3 Å². The highest BCUT2D eigenvalue weighted by Crippen LogP contribution is 2.16. The summed E-state index contributed by atoms with van der Waals surface area (Å²) in [6, 6.07) is 6.22. The molecule has 8 heteroatoms. The normalized spacial score (nSPS) is 11.5. The zero-order valence-corrected chi connectivity index (χ0v) is 15.6. The summed E-state index contributed by atoms with van der Waals surface area (Å²) < 4.78 is 1.75. The van der Waals surface area contributed by atoms with Crippen molar-refractivity contribution in [3.8, 4) is 5.69 Å². The molecule has 0 fully saturated rings. The molecule has 1 heterocycles. The maximum atomic E-state index is 12.4. The van der Waals surface area contributed by atoms with Crippen molar-refractivity contribution in [3.63, 3.8) is 0 Å². The largest absolute Gasteiger partial charge is 0.377 e. The van der Waals surface area contributed by atoms with Crippen LogP contribution in [0.3, 0.4) is 0 Å². The van der Waals surface area contributed by atoms with E-state index >= 15 is 0 Å². The van der Waals surface area contributed by atoms with Gasteiger partial charge in [0.2, 0.25) is 0 Å². The van der Waals surface area contributed by atoms with Crippen molar-refractivity contribution in [1.82, 2.24) is 24.7 Å². The van der Waals surface area contributed by atoms with Gasteiger partial charge in [-0.1, -0.05) is 48.0 Å². The fourth-order valence-corrected chi connectivity index (χ4v) is 2.49. The lowest BCUT2D eigenvalue weighted by Crippen LogP contribution is -2.39. The molecule has 0 saturated heterocycles. The maximum absolute atomic E-state index is 12.4. The number of para-hydroxylation sites is 1. The molecule has 0 N–H and O–H groups in total. The first-order chi connectivity index (χ1) is 12.6. The van der Waals surface area contributed by atoms with E-state index in [4.69, 9.17) is 11.6 Å². The first-order valence-electron chi connectivity index (χ1n) is 8.37. The summed E-state index contributed by atoms with van der Waals surface area (Å²) in [6.45, 7) is 2.50. The Hall–Kier alpha value is -2.67. The molecule has 0 bridgehead atoms. The molecule has 0 saturated carbocycles. The summed E-state index contributed by atoms with van der Waals surface area (Å²) >= 11 is 6.07. The molecule has 26 heavy (non-hydrogen) atoms. The average Bonchev–Trinajstić information content (AvgIpc) is 3.01. The Bertz CT molecular complexity index is 853. The van der Waals surface area contributed by atoms with Crippen LogP contribution in [0.15, 0.2) is 53.4 Å². The number of tetrazole rings is 1. The van der Waals surface area contributed by atoms with E-state index in [2.05, 4.69) is 28.7 Å². The molecular weight excluding hydrogens is 354 g/mol. The van der Waals surface area contributed by atoms with Crippen LogP contribution in [0.1, 0.15) is 26.2 Å². The number of rotatable bonds is 7. The Balaban J connectivity index is 1.98. The molecule has 1 amide bonds. The Kier molecular flexibility index (Phi) is 7.35. The van der Waals surface area contributed by atoms with Gasteiger partial charge < -0.3 is 4.90 Å². The Labute approximate surface area is 157 Å². The van der Waals surface area contributed by atoms with Gasteiger partial charge in [0.25, 0.3) is 0 Å². The second-order valence-corrected chi connectivity index (χ2v) is 6.07. The smallest absolute Gasteiger partial charge is 0.326 e. The third kappa shape index (κ3) is 4.92. The highest BCUT2D eigenvalue weighted by Gasteiger charge is 2.19. The van der Waals surface area contributed by atoms with E-state index in [1.165, 1.54) is 4.90 Å². The quantitative estimate of drug-likeness (QED) is 0.423. The highest BCUT2D eigenvalue weighted by atomic mass is 35.5. The van der Waals surface area contributed by atoms with Crippen molar-refractivity contribution in [3.05, 3.63) is 64.1 Å². The molecule has 0 aliphatic rings. The molecule has 7 nitrogen and oxygen atoms in total. The van der Waals surface area contributed by atoms with Crippen LogP contribution in [0.5, 0.6) is 0 Å². The zero-order chi connectivity index (χ0) is 18.9. The average molecular weight is 376 g/mol. The number of carbonyl (C=O) groups is 1. The van der Waals surface area contributed by atoms with Crippen molar-refractivity contribution >= 4 is 17.6 Å². The molecule has 2 aromatic rings. The number of unbranched alkanes of at least 4 members (excludes halogenated alkanes) is 1. The van der Waals surface area contributed by atoms with Crippen LogP contribution in [0, 0.1) is 0 Å². The van der Waals surface area contributed by atoms with Gasteiger partial charge in [-0.15, -0.1) is 4.68 Å². The second-order valence-electron chi connectivity index (χ2n) is 5.66. The molecule has 0 spiro atoms. The summed E-state index contributed by atoms with van der Waals surface area (Å²) in [5, 5.41) is 7.79. The van der Waals surface area contributed by atoms with Crippen LogP contribution in [-0.2, 0) is 0 Å². The van der Waals surface area contributed by atoms with Gasteiger partial charge in [0.15, 0.2) is 0 Å². The van der Waals surface area contributed by atoms with Gasteiger partial charge in [-0.05, 0) is 48.7 Å². The first kappa shape index (κ1) is 19.7. The minimum absolute atomic E-state index is 0.354. The fraction of sp³-hybridized carbons (Fsp3) is 0.333. The van der Waals surface area contributed by atoms with E-state index < -0.39 is 11.7 Å². The number of amides is 1. The van der Waals surface area contributed by atoms with Gasteiger partial charge in [0, 0.05) is 13.6 Å². The molecule has 0 unspecified atom stereocenters. The molecule has 0 aliphatic heterocycles. The Morgan fingerprint density at radius 3 is 2.73 bits per heavy atom. The topological polar surface area (TPSA) is 73.0 Å². The van der Waals surface area contributed by atoms with E-state index in [0.717, 1.165) is 28.6 Å². The fourth-order valence-electron chi connectivity index (χ4n) is 2.27. The number of nitrogens with zero attached hydrogens (tertiary/aromatic N) is 5. The SMILES string of the molecule is CC=CCC=CCCCN(C)C(=O)n1nnn(-c2ccccc2Cl)c1=O. The summed E-state index contributed by atoms with van der Waals surface area (Å²) in [5.74, 6) is 0. The van der Waals surface area contributed by atoms with Gasteiger partial charge in [0.1, 0.15) is 0 Å². The lowest BCUT2D eigenvalue weighted by Gasteiger charge is -2.14. The highest BCUT2D eigenvalue weighted by molar-refractivity contribution is 6.32. The van der Waals surface area contributed by atoms with Gasteiger partial charge in [-0.2, -0.15) is 4.68 Å². The molecule has 0 atom stereocenters. The van der Waals surface area contributed by atoms with Gasteiger partial charge in [-0.3, -0.25) is 0 Å². The van der Waals surface area contributed by atoms with Crippen LogP contribution < -0.4 is 5.69 Å². The number of hydrogen-bond donors (Lipinski definition) is 0. The molecule has 2 rings (SSSR count). The van der Waals surface area contributed by atoms with Crippen molar-refractivity contribution in [2.24, 2.45) is 0 Å². The van der Waals surface area contributed by atoms with E-state index in [1.807, 2.05) is 13.0 Å². The van der Waals surface area contributed by atoms with Gasteiger partial charge in [-0.25, -0.2) is 9.59 Å². The van der Waals surface area contributed by atoms with E-state index in [0.29, 0.717) is 17.3 Å². The predicted molar refractivity (Wildman–Crippen MR) is 102 cm³/mol. The van der Waals surface area contributed by atoms with Crippen molar-refractivity contribution in [2.75, 3.05) is 13.6 Å². The van der Waals surface area contributed by atoms with Crippen LogP contribution in [0.25, 0.3) is 5.69 Å². The lowest BCUT2D eigenvalue weighted by atomic mass is 10.2. The molecule has 1 aromatic heterocycles. The summed E-state index contributed by atoms with van der Waals surface area (Å²) in [6.07, 6.45) is 10.8. The number of aromatic nitrogens is 4. The van der Waals surface area contributed by atoms with Gasteiger partial charge in [0.05, 0.1) is 10.7 Å². The van der Waals surface area contributed by atoms with Crippen molar-refractivity contribution in [1.29, 1.82) is 0 Å². The van der Waals surface area contributed by atoms with E-state index in [-0.39, 0.29) is 0 Å². The Morgan fingerprint density at radius 2 is 2.00 bits per heavy atom. The van der Waals surface area contributed by atoms with Crippen LogP contribution in [0.4, 0.5) is 4.79 Å².